The second kappa shape index (κ2) is 5.36. The Labute approximate surface area is 95.2 Å². The molecule has 1 fully saturated rings. The van der Waals surface area contributed by atoms with Gasteiger partial charge in [-0.15, -0.1) is 0 Å². The Morgan fingerprint density at radius 1 is 1.38 bits per heavy atom. The van der Waals surface area contributed by atoms with Gasteiger partial charge < -0.3 is 10.2 Å². The molecule has 1 rings (SSSR count). The summed E-state index contributed by atoms with van der Waals surface area (Å²) in [6, 6.07) is 0. The van der Waals surface area contributed by atoms with Crippen molar-refractivity contribution >= 4 is 0 Å². The summed E-state index contributed by atoms with van der Waals surface area (Å²) in [5.41, 5.74) is 0.0420. The zero-order valence-electron chi connectivity index (χ0n) is 10.0. The van der Waals surface area contributed by atoms with Crippen LogP contribution in [0.15, 0.2) is 0 Å². The molecule has 96 valence electrons. The number of nitrogens with one attached hydrogen (secondary N) is 1. The van der Waals surface area contributed by atoms with E-state index < -0.39 is 12.6 Å². The van der Waals surface area contributed by atoms with Gasteiger partial charge >= 0.3 is 6.18 Å². The minimum absolute atomic E-state index is 0.0420. The van der Waals surface area contributed by atoms with Crippen molar-refractivity contribution in [3.05, 3.63) is 0 Å². The third-order valence-electron chi connectivity index (χ3n) is 3.36. The van der Waals surface area contributed by atoms with Crippen LogP contribution in [0.5, 0.6) is 0 Å². The number of hydrogen-bond acceptors (Lipinski definition) is 2. The van der Waals surface area contributed by atoms with E-state index >= 15 is 0 Å². The minimum atomic E-state index is -4.04. The Morgan fingerprint density at radius 2 is 2.06 bits per heavy atom. The molecular formula is C11H21F3N2. The first-order chi connectivity index (χ1) is 7.37. The topological polar surface area (TPSA) is 15.3 Å². The highest BCUT2D eigenvalue weighted by molar-refractivity contribution is 4.93. The maximum absolute atomic E-state index is 12.1. The van der Waals surface area contributed by atoms with Gasteiger partial charge in [0.25, 0.3) is 0 Å². The standard InChI is InChI=1S/C11H21F3N2/c1-3-10(5-4-7-15-10)9-16(2)8-6-11(12,13)14/h15H,3-9H2,1-2H3. The summed E-state index contributed by atoms with van der Waals surface area (Å²) < 4.78 is 36.2. The van der Waals surface area contributed by atoms with Crippen LogP contribution >= 0.6 is 0 Å². The van der Waals surface area contributed by atoms with Crippen molar-refractivity contribution < 1.29 is 13.2 Å². The number of alkyl halides is 3. The summed E-state index contributed by atoms with van der Waals surface area (Å²) >= 11 is 0. The van der Waals surface area contributed by atoms with E-state index in [0.717, 1.165) is 25.8 Å². The van der Waals surface area contributed by atoms with Crippen LogP contribution in [0.1, 0.15) is 32.6 Å². The molecule has 16 heavy (non-hydrogen) atoms. The Bertz CT molecular complexity index is 210. The summed E-state index contributed by atoms with van der Waals surface area (Å²) in [5, 5.41) is 3.42. The maximum Gasteiger partial charge on any atom is 0.390 e. The molecule has 1 aliphatic heterocycles. The molecule has 0 bridgehead atoms. The number of nitrogens with zero attached hydrogens (tertiary/aromatic N) is 1. The highest BCUT2D eigenvalue weighted by Crippen LogP contribution is 2.25. The van der Waals surface area contributed by atoms with Gasteiger partial charge in [-0.1, -0.05) is 6.92 Å². The molecule has 2 nitrogen and oxygen atoms in total. The molecule has 0 aromatic carbocycles. The lowest BCUT2D eigenvalue weighted by molar-refractivity contribution is -0.137. The first-order valence-electron chi connectivity index (χ1n) is 5.87. The van der Waals surface area contributed by atoms with E-state index in [-0.39, 0.29) is 12.1 Å². The number of likely N-dealkylation sites (N-methyl/N-ethyl adjacent to an activating group) is 1. The molecule has 1 aliphatic rings. The van der Waals surface area contributed by atoms with Crippen molar-refractivity contribution in [3.63, 3.8) is 0 Å². The van der Waals surface area contributed by atoms with Crippen LogP contribution in [0.4, 0.5) is 13.2 Å². The molecule has 1 atom stereocenters. The average Bonchev–Trinajstić information content (AvgIpc) is 2.63. The van der Waals surface area contributed by atoms with Crippen molar-refractivity contribution in [2.75, 3.05) is 26.7 Å². The molecule has 0 amide bonds. The van der Waals surface area contributed by atoms with E-state index in [2.05, 4.69) is 12.2 Å². The maximum atomic E-state index is 12.1. The highest BCUT2D eigenvalue weighted by Gasteiger charge is 2.33. The van der Waals surface area contributed by atoms with E-state index in [1.165, 1.54) is 0 Å². The van der Waals surface area contributed by atoms with Gasteiger partial charge in [-0.3, -0.25) is 0 Å². The van der Waals surface area contributed by atoms with Gasteiger partial charge in [-0.25, -0.2) is 0 Å². The normalized spacial score (nSPS) is 26.6. The van der Waals surface area contributed by atoms with E-state index in [1.54, 1.807) is 11.9 Å². The largest absolute Gasteiger partial charge is 0.390 e. The van der Waals surface area contributed by atoms with Crippen molar-refractivity contribution in [2.45, 2.75) is 44.3 Å². The molecule has 0 spiro atoms. The zero-order valence-corrected chi connectivity index (χ0v) is 10.0. The van der Waals surface area contributed by atoms with Crippen LogP contribution in [0.3, 0.4) is 0 Å². The quantitative estimate of drug-likeness (QED) is 0.791. The summed E-state index contributed by atoms with van der Waals surface area (Å²) in [5.74, 6) is 0. The third kappa shape index (κ3) is 4.29. The monoisotopic (exact) mass is 238 g/mol. The number of rotatable bonds is 5. The van der Waals surface area contributed by atoms with Crippen molar-refractivity contribution in [3.8, 4) is 0 Å². The first-order valence-corrected chi connectivity index (χ1v) is 5.87. The zero-order chi connectivity index (χ0) is 12.2. The van der Waals surface area contributed by atoms with E-state index in [0.29, 0.717) is 6.54 Å². The SMILES string of the molecule is CCC1(CN(C)CCC(F)(F)F)CCCN1. The lowest BCUT2D eigenvalue weighted by atomic mass is 9.93. The highest BCUT2D eigenvalue weighted by atomic mass is 19.4. The smallest absolute Gasteiger partial charge is 0.310 e. The first kappa shape index (κ1) is 13.8. The molecule has 1 heterocycles. The molecule has 1 unspecified atom stereocenters. The van der Waals surface area contributed by atoms with Crippen LogP contribution in [0, 0.1) is 0 Å². The van der Waals surface area contributed by atoms with Gasteiger partial charge in [0.05, 0.1) is 6.42 Å². The van der Waals surface area contributed by atoms with Crippen molar-refractivity contribution in [1.29, 1.82) is 0 Å². The summed E-state index contributed by atoms with van der Waals surface area (Å²) in [4.78, 5) is 1.79. The fourth-order valence-corrected chi connectivity index (χ4v) is 2.33. The lowest BCUT2D eigenvalue weighted by Gasteiger charge is -2.33. The van der Waals surface area contributed by atoms with Crippen molar-refractivity contribution in [2.24, 2.45) is 0 Å². The number of halogens is 3. The fraction of sp³-hybridized carbons (Fsp3) is 1.00. The molecule has 0 aliphatic carbocycles. The van der Waals surface area contributed by atoms with Crippen LogP contribution < -0.4 is 5.32 Å². The Hall–Kier alpha value is -0.290. The molecular weight excluding hydrogens is 217 g/mol. The minimum Gasteiger partial charge on any atom is -0.310 e. The van der Waals surface area contributed by atoms with Gasteiger partial charge in [0, 0.05) is 18.6 Å². The predicted molar refractivity (Wildman–Crippen MR) is 58.4 cm³/mol. The Morgan fingerprint density at radius 3 is 2.50 bits per heavy atom. The lowest BCUT2D eigenvalue weighted by Crippen LogP contribution is -2.48. The number of hydrogen-bond donors (Lipinski definition) is 1. The fourth-order valence-electron chi connectivity index (χ4n) is 2.33. The van der Waals surface area contributed by atoms with Crippen LogP contribution in [-0.2, 0) is 0 Å². The van der Waals surface area contributed by atoms with Crippen molar-refractivity contribution in [1.82, 2.24) is 10.2 Å². The Balaban J connectivity index is 2.35. The summed E-state index contributed by atoms with van der Waals surface area (Å²) in [6.07, 6.45) is -1.59. The van der Waals surface area contributed by atoms with Gasteiger partial charge in [-0.2, -0.15) is 13.2 Å². The van der Waals surface area contributed by atoms with Crippen LogP contribution in [0.25, 0.3) is 0 Å². The molecule has 0 aromatic rings. The van der Waals surface area contributed by atoms with Gasteiger partial charge in [-0.05, 0) is 32.9 Å². The summed E-state index contributed by atoms with van der Waals surface area (Å²) in [6.45, 7) is 3.88. The van der Waals surface area contributed by atoms with E-state index in [4.69, 9.17) is 0 Å². The molecule has 0 aromatic heterocycles. The predicted octanol–water partition coefficient (Wildman–Crippen LogP) is 2.40. The average molecular weight is 238 g/mol. The molecule has 0 radical (unpaired) electrons. The Kier molecular flexibility index (Phi) is 4.62. The molecule has 1 N–H and O–H groups in total. The summed E-state index contributed by atoms with van der Waals surface area (Å²) in [7, 11) is 1.77. The van der Waals surface area contributed by atoms with E-state index in [1.807, 2.05) is 0 Å². The van der Waals surface area contributed by atoms with Gasteiger partial charge in [0.2, 0.25) is 0 Å². The molecule has 5 heteroatoms. The molecule has 1 saturated heterocycles. The van der Waals surface area contributed by atoms with Gasteiger partial charge in [0.15, 0.2) is 0 Å². The van der Waals surface area contributed by atoms with Crippen LogP contribution in [-0.4, -0.2) is 43.3 Å². The molecule has 0 saturated carbocycles. The second-order valence-electron chi connectivity index (χ2n) is 4.77. The van der Waals surface area contributed by atoms with Gasteiger partial charge in [0.1, 0.15) is 0 Å². The second-order valence-corrected chi connectivity index (χ2v) is 4.77. The van der Waals surface area contributed by atoms with Crippen LogP contribution in [0.2, 0.25) is 0 Å². The third-order valence-corrected chi connectivity index (χ3v) is 3.36. The van der Waals surface area contributed by atoms with E-state index in [9.17, 15) is 13.2 Å².